The summed E-state index contributed by atoms with van der Waals surface area (Å²) in [4.78, 5) is 16.1. The maximum absolute atomic E-state index is 9.04. The lowest BCUT2D eigenvalue weighted by molar-refractivity contribution is 0.253. The van der Waals surface area contributed by atoms with Crippen LogP contribution in [0.25, 0.3) is 5.95 Å². The maximum atomic E-state index is 9.04. The van der Waals surface area contributed by atoms with Gasteiger partial charge < -0.3 is 10.4 Å². The van der Waals surface area contributed by atoms with Gasteiger partial charge in [-0.15, -0.1) is 0 Å². The number of aliphatic hydroxyl groups excluding tert-OH is 1. The number of nitrogens with one attached hydrogen (secondary N) is 1. The molecule has 0 atom stereocenters. The van der Waals surface area contributed by atoms with Crippen LogP contribution in [0.2, 0.25) is 5.28 Å². The van der Waals surface area contributed by atoms with Crippen molar-refractivity contribution in [2.24, 2.45) is 5.41 Å². The number of hydrogen-bond acceptors (Lipinski definition) is 7. The molecule has 0 unspecified atom stereocenters. The molecule has 0 amide bonds. The number of rotatable bonds is 6. The summed E-state index contributed by atoms with van der Waals surface area (Å²) in [5, 5.41) is 16.2. The first-order chi connectivity index (χ1) is 9.71. The minimum absolute atomic E-state index is 0.0972. The van der Waals surface area contributed by atoms with E-state index < -0.39 is 0 Å². The highest BCUT2D eigenvalue weighted by molar-refractivity contribution is 6.28. The van der Waals surface area contributed by atoms with Crippen molar-refractivity contribution in [1.29, 1.82) is 0 Å². The molecule has 1 fully saturated rings. The third-order valence-corrected chi connectivity index (χ3v) is 3.61. The molecule has 0 saturated heterocycles. The molecule has 3 rings (SSSR count). The van der Waals surface area contributed by atoms with Gasteiger partial charge in [0.2, 0.25) is 11.2 Å². The third kappa shape index (κ3) is 2.86. The van der Waals surface area contributed by atoms with Gasteiger partial charge in [-0.25, -0.2) is 4.98 Å². The minimum atomic E-state index is 0.0972. The Hall–Kier alpha value is -1.80. The summed E-state index contributed by atoms with van der Waals surface area (Å²) in [5.74, 6) is 0.719. The van der Waals surface area contributed by atoms with Gasteiger partial charge in [0, 0.05) is 13.2 Å². The first-order valence-corrected chi connectivity index (χ1v) is 6.70. The molecule has 2 aromatic heterocycles. The first kappa shape index (κ1) is 13.2. The highest BCUT2D eigenvalue weighted by Gasteiger charge is 2.41. The van der Waals surface area contributed by atoms with E-state index in [-0.39, 0.29) is 17.3 Å². The molecule has 1 saturated carbocycles. The fraction of sp³-hybridized carbons (Fsp3) is 0.545. The summed E-state index contributed by atoms with van der Waals surface area (Å²) in [6.07, 6.45) is 5.88. The standard InChI is InChI=1S/C11H14ClN7O/c12-8-16-9(14-5-11(1-2-11)3-4-20)18-10(17-8)19-7-13-6-15-19/h6-7,20H,1-5H2,(H,14,16,17,18). The molecule has 0 bridgehead atoms. The number of aliphatic hydroxyl groups is 1. The van der Waals surface area contributed by atoms with Crippen LogP contribution >= 0.6 is 11.6 Å². The number of aromatic nitrogens is 6. The zero-order valence-corrected chi connectivity index (χ0v) is 11.5. The lowest BCUT2D eigenvalue weighted by Gasteiger charge is -2.14. The van der Waals surface area contributed by atoms with E-state index in [0.717, 1.165) is 19.3 Å². The second-order valence-corrected chi connectivity index (χ2v) is 5.23. The Morgan fingerprint density at radius 2 is 2.20 bits per heavy atom. The summed E-state index contributed by atoms with van der Waals surface area (Å²) < 4.78 is 1.42. The molecule has 106 valence electrons. The Bertz CT molecular complexity index is 584. The van der Waals surface area contributed by atoms with E-state index in [0.29, 0.717) is 18.4 Å². The van der Waals surface area contributed by atoms with Crippen LogP contribution in [0.4, 0.5) is 5.95 Å². The molecule has 1 aliphatic rings. The fourth-order valence-electron chi connectivity index (χ4n) is 2.03. The quantitative estimate of drug-likeness (QED) is 0.808. The van der Waals surface area contributed by atoms with Crippen LogP contribution in [-0.4, -0.2) is 48.0 Å². The molecule has 0 radical (unpaired) electrons. The third-order valence-electron chi connectivity index (χ3n) is 3.44. The van der Waals surface area contributed by atoms with E-state index in [2.05, 4.69) is 30.4 Å². The second kappa shape index (κ2) is 5.29. The van der Waals surface area contributed by atoms with Crippen molar-refractivity contribution < 1.29 is 5.11 Å². The van der Waals surface area contributed by atoms with Crippen LogP contribution in [0.1, 0.15) is 19.3 Å². The number of anilines is 1. The van der Waals surface area contributed by atoms with Crippen molar-refractivity contribution in [3.63, 3.8) is 0 Å². The summed E-state index contributed by atoms with van der Waals surface area (Å²) >= 11 is 5.89. The van der Waals surface area contributed by atoms with Crippen LogP contribution < -0.4 is 5.32 Å². The van der Waals surface area contributed by atoms with E-state index in [9.17, 15) is 0 Å². The van der Waals surface area contributed by atoms with E-state index in [1.54, 1.807) is 0 Å². The van der Waals surface area contributed by atoms with Gasteiger partial charge in [-0.2, -0.15) is 24.7 Å². The molecule has 9 heteroatoms. The molecule has 0 aliphatic heterocycles. The molecule has 2 N–H and O–H groups in total. The average molecular weight is 296 g/mol. The molecule has 1 aliphatic carbocycles. The molecule has 0 spiro atoms. The largest absolute Gasteiger partial charge is 0.396 e. The molecule has 0 aromatic carbocycles. The Morgan fingerprint density at radius 1 is 1.35 bits per heavy atom. The Balaban J connectivity index is 1.74. The van der Waals surface area contributed by atoms with E-state index in [1.807, 2.05) is 0 Å². The van der Waals surface area contributed by atoms with Crippen molar-refractivity contribution in [3.8, 4) is 5.95 Å². The molecule has 2 heterocycles. The van der Waals surface area contributed by atoms with Gasteiger partial charge in [0.25, 0.3) is 5.95 Å². The first-order valence-electron chi connectivity index (χ1n) is 6.32. The molecular formula is C11H14ClN7O. The zero-order chi connectivity index (χ0) is 14.0. The van der Waals surface area contributed by atoms with Gasteiger partial charge in [0.1, 0.15) is 12.7 Å². The van der Waals surface area contributed by atoms with Crippen LogP contribution in [-0.2, 0) is 0 Å². The number of hydrogen-bond donors (Lipinski definition) is 2. The summed E-state index contributed by atoms with van der Waals surface area (Å²) in [5.41, 5.74) is 0.168. The fourth-order valence-corrected chi connectivity index (χ4v) is 2.18. The van der Waals surface area contributed by atoms with Crippen molar-refractivity contribution >= 4 is 17.5 Å². The second-order valence-electron chi connectivity index (χ2n) is 4.90. The highest BCUT2D eigenvalue weighted by atomic mass is 35.5. The lowest BCUT2D eigenvalue weighted by Crippen LogP contribution is -2.19. The van der Waals surface area contributed by atoms with Crippen molar-refractivity contribution in [2.75, 3.05) is 18.5 Å². The monoisotopic (exact) mass is 295 g/mol. The van der Waals surface area contributed by atoms with E-state index in [4.69, 9.17) is 16.7 Å². The van der Waals surface area contributed by atoms with Crippen LogP contribution in [0.15, 0.2) is 12.7 Å². The normalized spacial score (nSPS) is 16.1. The van der Waals surface area contributed by atoms with E-state index >= 15 is 0 Å². The van der Waals surface area contributed by atoms with Gasteiger partial charge in [-0.3, -0.25) is 0 Å². The van der Waals surface area contributed by atoms with E-state index in [1.165, 1.54) is 17.3 Å². The lowest BCUT2D eigenvalue weighted by atomic mass is 10.0. The summed E-state index contributed by atoms with van der Waals surface area (Å²) in [6, 6.07) is 0. The maximum Gasteiger partial charge on any atom is 0.258 e. The molecule has 8 nitrogen and oxygen atoms in total. The summed E-state index contributed by atoms with van der Waals surface area (Å²) in [7, 11) is 0. The number of halogens is 1. The van der Waals surface area contributed by atoms with Crippen molar-refractivity contribution in [1.82, 2.24) is 29.7 Å². The van der Waals surface area contributed by atoms with Crippen LogP contribution in [0.5, 0.6) is 0 Å². The predicted octanol–water partition coefficient (Wildman–Crippen LogP) is 0.680. The topological polar surface area (TPSA) is 102 Å². The highest BCUT2D eigenvalue weighted by Crippen LogP contribution is 2.48. The Labute approximate surface area is 120 Å². The zero-order valence-electron chi connectivity index (χ0n) is 10.7. The molecule has 2 aromatic rings. The summed E-state index contributed by atoms with van der Waals surface area (Å²) in [6.45, 7) is 0.911. The predicted molar refractivity (Wildman–Crippen MR) is 71.6 cm³/mol. The minimum Gasteiger partial charge on any atom is -0.396 e. The van der Waals surface area contributed by atoms with Gasteiger partial charge >= 0.3 is 0 Å². The Kier molecular flexibility index (Phi) is 3.49. The Morgan fingerprint density at radius 3 is 2.85 bits per heavy atom. The van der Waals surface area contributed by atoms with Crippen molar-refractivity contribution in [3.05, 3.63) is 17.9 Å². The molecular weight excluding hydrogens is 282 g/mol. The van der Waals surface area contributed by atoms with Gasteiger partial charge in [-0.05, 0) is 36.3 Å². The van der Waals surface area contributed by atoms with Crippen LogP contribution in [0.3, 0.4) is 0 Å². The number of nitrogens with zero attached hydrogens (tertiary/aromatic N) is 6. The molecule has 20 heavy (non-hydrogen) atoms. The average Bonchev–Trinajstić information content (AvgIpc) is 2.99. The SMILES string of the molecule is OCCC1(CNc2nc(Cl)nc(-n3cncn3)n2)CC1. The van der Waals surface area contributed by atoms with Crippen LogP contribution in [0, 0.1) is 5.41 Å². The van der Waals surface area contributed by atoms with Gasteiger partial charge in [0.15, 0.2) is 0 Å². The van der Waals surface area contributed by atoms with Gasteiger partial charge in [0.05, 0.1) is 0 Å². The van der Waals surface area contributed by atoms with Crippen molar-refractivity contribution in [2.45, 2.75) is 19.3 Å². The smallest absolute Gasteiger partial charge is 0.258 e. The van der Waals surface area contributed by atoms with Gasteiger partial charge in [-0.1, -0.05) is 0 Å².